The summed E-state index contributed by atoms with van der Waals surface area (Å²) < 4.78 is 2.00. The van der Waals surface area contributed by atoms with Crippen molar-refractivity contribution in [1.82, 2.24) is 14.6 Å². The van der Waals surface area contributed by atoms with Gasteiger partial charge in [0.1, 0.15) is 5.82 Å². The molecule has 1 fully saturated rings. The molecule has 1 aliphatic heterocycles. The second kappa shape index (κ2) is 7.77. The second-order valence-electron chi connectivity index (χ2n) is 8.52. The van der Waals surface area contributed by atoms with Crippen molar-refractivity contribution in [2.24, 2.45) is 11.8 Å². The zero-order valence-electron chi connectivity index (χ0n) is 17.3. The molecule has 1 aliphatic rings. The molecule has 30 heavy (non-hydrogen) atoms. The predicted octanol–water partition coefficient (Wildman–Crippen LogP) is 6.20. The van der Waals surface area contributed by atoms with Crippen molar-refractivity contribution in [2.45, 2.75) is 20.3 Å². The van der Waals surface area contributed by atoms with E-state index in [4.69, 9.17) is 21.7 Å². The SMILES string of the molecule is CC1CC(C)CN(c2cc(-c3ccccc3)nc3c(-c4ccc(Cl)cc4)cnn23)C1. The standard InChI is InChI=1S/C25H25ClN4/c1-17-12-18(2)16-29(15-17)24-13-23(20-6-4-3-5-7-20)28-25-22(14-27-30(24)25)19-8-10-21(26)11-9-19/h3-11,13-14,17-18H,12,15-16H2,1-2H3. The molecule has 152 valence electrons. The van der Waals surface area contributed by atoms with E-state index in [0.717, 1.165) is 52.0 Å². The van der Waals surface area contributed by atoms with E-state index in [1.54, 1.807) is 0 Å². The van der Waals surface area contributed by atoms with Crippen molar-refractivity contribution in [1.29, 1.82) is 0 Å². The third-order valence-electron chi connectivity index (χ3n) is 5.87. The van der Waals surface area contributed by atoms with Gasteiger partial charge in [-0.2, -0.15) is 9.61 Å². The molecular weight excluding hydrogens is 392 g/mol. The van der Waals surface area contributed by atoms with Gasteiger partial charge in [-0.3, -0.25) is 0 Å². The Balaban J connectivity index is 1.71. The van der Waals surface area contributed by atoms with Crippen LogP contribution >= 0.6 is 11.6 Å². The van der Waals surface area contributed by atoms with Crippen LogP contribution in [0.1, 0.15) is 20.3 Å². The van der Waals surface area contributed by atoms with Crippen molar-refractivity contribution in [3.05, 3.63) is 71.9 Å². The van der Waals surface area contributed by atoms with Gasteiger partial charge in [0.2, 0.25) is 0 Å². The lowest BCUT2D eigenvalue weighted by Crippen LogP contribution is -2.39. The molecule has 2 aromatic heterocycles. The molecule has 0 N–H and O–H groups in total. The minimum atomic E-state index is 0.656. The summed E-state index contributed by atoms with van der Waals surface area (Å²) in [5, 5.41) is 5.48. The van der Waals surface area contributed by atoms with Crippen LogP contribution in [-0.2, 0) is 0 Å². The minimum absolute atomic E-state index is 0.656. The molecule has 2 atom stereocenters. The van der Waals surface area contributed by atoms with Crippen LogP contribution in [0.5, 0.6) is 0 Å². The van der Waals surface area contributed by atoms with E-state index in [9.17, 15) is 0 Å². The lowest BCUT2D eigenvalue weighted by atomic mass is 9.92. The van der Waals surface area contributed by atoms with Gasteiger partial charge >= 0.3 is 0 Å². The molecule has 1 saturated heterocycles. The highest BCUT2D eigenvalue weighted by Gasteiger charge is 2.25. The predicted molar refractivity (Wildman–Crippen MR) is 124 cm³/mol. The third kappa shape index (κ3) is 3.56. The Hall–Kier alpha value is -2.85. The average Bonchev–Trinajstić information content (AvgIpc) is 3.17. The molecule has 4 aromatic rings. The van der Waals surface area contributed by atoms with Gasteiger partial charge in [-0.05, 0) is 36.0 Å². The molecule has 2 aromatic carbocycles. The maximum absolute atomic E-state index is 6.11. The number of rotatable bonds is 3. The highest BCUT2D eigenvalue weighted by atomic mass is 35.5. The van der Waals surface area contributed by atoms with Crippen LogP contribution in [0.25, 0.3) is 28.0 Å². The zero-order chi connectivity index (χ0) is 20.7. The average molecular weight is 417 g/mol. The van der Waals surface area contributed by atoms with Crippen LogP contribution < -0.4 is 4.90 Å². The van der Waals surface area contributed by atoms with E-state index in [-0.39, 0.29) is 0 Å². The van der Waals surface area contributed by atoms with Gasteiger partial charge in [0.15, 0.2) is 5.65 Å². The Morgan fingerprint density at radius 3 is 2.30 bits per heavy atom. The molecule has 0 aliphatic carbocycles. The summed E-state index contributed by atoms with van der Waals surface area (Å²) in [6.07, 6.45) is 3.19. The van der Waals surface area contributed by atoms with Gasteiger partial charge in [-0.25, -0.2) is 4.98 Å². The highest BCUT2D eigenvalue weighted by Crippen LogP contribution is 2.33. The lowest BCUT2D eigenvalue weighted by molar-refractivity contribution is 0.354. The Labute approximate surface area is 182 Å². The van der Waals surface area contributed by atoms with Crippen LogP contribution in [0.2, 0.25) is 5.02 Å². The maximum Gasteiger partial charge on any atom is 0.165 e. The monoisotopic (exact) mass is 416 g/mol. The van der Waals surface area contributed by atoms with Gasteiger partial charge in [-0.1, -0.05) is 67.9 Å². The molecule has 0 radical (unpaired) electrons. The fourth-order valence-electron chi connectivity index (χ4n) is 4.61. The van der Waals surface area contributed by atoms with Crippen LogP contribution in [0.3, 0.4) is 0 Å². The van der Waals surface area contributed by atoms with Gasteiger partial charge in [-0.15, -0.1) is 0 Å². The van der Waals surface area contributed by atoms with E-state index in [0.29, 0.717) is 11.8 Å². The van der Waals surface area contributed by atoms with E-state index in [2.05, 4.69) is 49.1 Å². The van der Waals surface area contributed by atoms with Gasteiger partial charge < -0.3 is 4.90 Å². The van der Waals surface area contributed by atoms with E-state index in [1.807, 2.05) is 41.0 Å². The quantitative estimate of drug-likeness (QED) is 0.398. The first-order chi connectivity index (χ1) is 14.6. The molecule has 0 saturated carbocycles. The normalized spacial score (nSPS) is 19.4. The van der Waals surface area contributed by atoms with Crippen LogP contribution in [0.15, 0.2) is 66.9 Å². The smallest absolute Gasteiger partial charge is 0.165 e. The molecule has 0 amide bonds. The topological polar surface area (TPSA) is 33.4 Å². The summed E-state index contributed by atoms with van der Waals surface area (Å²) in [7, 11) is 0. The first kappa shape index (κ1) is 19.1. The highest BCUT2D eigenvalue weighted by molar-refractivity contribution is 6.30. The number of nitrogens with zero attached hydrogens (tertiary/aromatic N) is 4. The lowest BCUT2D eigenvalue weighted by Gasteiger charge is -2.36. The molecule has 3 heterocycles. The van der Waals surface area contributed by atoms with Crippen molar-refractivity contribution in [3.8, 4) is 22.4 Å². The van der Waals surface area contributed by atoms with Crippen LogP contribution in [-0.4, -0.2) is 27.7 Å². The van der Waals surface area contributed by atoms with Crippen molar-refractivity contribution in [2.75, 3.05) is 18.0 Å². The van der Waals surface area contributed by atoms with Crippen LogP contribution in [0.4, 0.5) is 5.82 Å². The number of hydrogen-bond acceptors (Lipinski definition) is 3. The van der Waals surface area contributed by atoms with Crippen molar-refractivity contribution in [3.63, 3.8) is 0 Å². The number of aromatic nitrogens is 3. The molecule has 0 bridgehead atoms. The van der Waals surface area contributed by atoms with Crippen molar-refractivity contribution >= 4 is 23.1 Å². The number of piperidine rings is 1. The fourth-order valence-corrected chi connectivity index (χ4v) is 4.74. The number of benzene rings is 2. The molecule has 4 nitrogen and oxygen atoms in total. The summed E-state index contributed by atoms with van der Waals surface area (Å²) in [6, 6.07) is 20.4. The number of hydrogen-bond donors (Lipinski definition) is 0. The summed E-state index contributed by atoms with van der Waals surface area (Å²) in [5.41, 5.74) is 5.05. The van der Waals surface area contributed by atoms with E-state index >= 15 is 0 Å². The summed E-state index contributed by atoms with van der Waals surface area (Å²) in [6.45, 7) is 6.74. The second-order valence-corrected chi connectivity index (χ2v) is 8.95. The summed E-state index contributed by atoms with van der Waals surface area (Å²) in [5.74, 6) is 2.42. The van der Waals surface area contributed by atoms with Crippen molar-refractivity contribution < 1.29 is 0 Å². The molecule has 5 rings (SSSR count). The Morgan fingerprint density at radius 2 is 1.60 bits per heavy atom. The zero-order valence-corrected chi connectivity index (χ0v) is 18.0. The Bertz CT molecular complexity index is 1160. The molecule has 5 heteroatoms. The molecular formula is C25H25ClN4. The fraction of sp³-hybridized carbons (Fsp3) is 0.280. The van der Waals surface area contributed by atoms with Gasteiger partial charge in [0, 0.05) is 35.3 Å². The Morgan fingerprint density at radius 1 is 0.900 bits per heavy atom. The molecule has 0 spiro atoms. The minimum Gasteiger partial charge on any atom is -0.356 e. The largest absolute Gasteiger partial charge is 0.356 e. The summed E-state index contributed by atoms with van der Waals surface area (Å²) in [4.78, 5) is 7.51. The summed E-state index contributed by atoms with van der Waals surface area (Å²) >= 11 is 6.11. The number of halogens is 1. The third-order valence-corrected chi connectivity index (χ3v) is 6.12. The first-order valence-electron chi connectivity index (χ1n) is 10.5. The maximum atomic E-state index is 6.11. The van der Waals surface area contributed by atoms with E-state index < -0.39 is 0 Å². The van der Waals surface area contributed by atoms with Gasteiger partial charge in [0.05, 0.1) is 11.9 Å². The van der Waals surface area contributed by atoms with E-state index in [1.165, 1.54) is 6.42 Å². The van der Waals surface area contributed by atoms with Gasteiger partial charge in [0.25, 0.3) is 0 Å². The Kier molecular flexibility index (Phi) is 4.95. The molecule has 2 unspecified atom stereocenters. The number of fused-ring (bicyclic) bond motifs is 1. The van der Waals surface area contributed by atoms with Crippen LogP contribution in [0, 0.1) is 11.8 Å². The number of anilines is 1. The first-order valence-corrected chi connectivity index (χ1v) is 10.9.